The van der Waals surface area contributed by atoms with Crippen LogP contribution in [-0.4, -0.2) is 13.2 Å². The molecular weight excluding hydrogens is 190 g/mol. The highest BCUT2D eigenvalue weighted by molar-refractivity contribution is 5.39. The van der Waals surface area contributed by atoms with Crippen LogP contribution >= 0.6 is 0 Å². The van der Waals surface area contributed by atoms with E-state index in [2.05, 4.69) is 22.2 Å². The van der Waals surface area contributed by atoms with Gasteiger partial charge in [0.05, 0.1) is 6.61 Å². The Morgan fingerprint density at radius 2 is 2.40 bits per heavy atom. The van der Waals surface area contributed by atoms with E-state index in [1.54, 1.807) is 0 Å². The Hall–Kier alpha value is -1.67. The average Bonchev–Trinajstić information content (AvgIpc) is 2.71. The summed E-state index contributed by atoms with van der Waals surface area (Å²) in [6.07, 6.45) is 2.88. The maximum absolute atomic E-state index is 8.13. The summed E-state index contributed by atoms with van der Waals surface area (Å²) in [5.41, 5.74) is 10.7. The van der Waals surface area contributed by atoms with Gasteiger partial charge in [0.2, 0.25) is 0 Å². The number of azide groups is 1. The molecule has 0 unspecified atom stereocenters. The van der Waals surface area contributed by atoms with Gasteiger partial charge in [-0.15, -0.1) is 0 Å². The molecule has 0 saturated heterocycles. The van der Waals surface area contributed by atoms with Gasteiger partial charge in [0, 0.05) is 17.9 Å². The van der Waals surface area contributed by atoms with Crippen molar-refractivity contribution in [1.29, 1.82) is 0 Å². The maximum Gasteiger partial charge on any atom is 0.122 e. The zero-order valence-electron chi connectivity index (χ0n) is 8.52. The normalized spacial score (nSPS) is 12.8. The Balaban J connectivity index is 1.95. The Morgan fingerprint density at radius 1 is 1.47 bits per heavy atom. The van der Waals surface area contributed by atoms with Gasteiger partial charge in [-0.3, -0.25) is 0 Å². The van der Waals surface area contributed by atoms with Gasteiger partial charge in [-0.25, -0.2) is 0 Å². The highest BCUT2D eigenvalue weighted by Gasteiger charge is 2.11. The molecule has 0 fully saturated rings. The predicted octanol–water partition coefficient (Wildman–Crippen LogP) is 2.86. The van der Waals surface area contributed by atoms with E-state index in [9.17, 15) is 0 Å². The number of aryl methyl sites for hydroxylation is 1. The Morgan fingerprint density at radius 3 is 3.27 bits per heavy atom. The van der Waals surface area contributed by atoms with Crippen LogP contribution in [0.1, 0.15) is 17.5 Å². The second kappa shape index (κ2) is 4.71. The number of rotatable bonds is 4. The van der Waals surface area contributed by atoms with E-state index in [1.165, 1.54) is 11.1 Å². The first-order valence-corrected chi connectivity index (χ1v) is 5.15. The van der Waals surface area contributed by atoms with Crippen LogP contribution in [0.3, 0.4) is 0 Å². The van der Waals surface area contributed by atoms with E-state index in [-0.39, 0.29) is 0 Å². The molecule has 0 aliphatic carbocycles. The molecule has 4 heteroatoms. The van der Waals surface area contributed by atoms with Crippen molar-refractivity contribution in [2.75, 3.05) is 13.2 Å². The van der Waals surface area contributed by atoms with Gasteiger partial charge in [0.1, 0.15) is 5.75 Å². The fraction of sp³-hybridized carbons (Fsp3) is 0.455. The predicted molar refractivity (Wildman–Crippen MR) is 58.0 cm³/mol. The van der Waals surface area contributed by atoms with Crippen molar-refractivity contribution in [2.45, 2.75) is 19.3 Å². The summed E-state index contributed by atoms with van der Waals surface area (Å²) >= 11 is 0. The van der Waals surface area contributed by atoms with Crippen molar-refractivity contribution >= 4 is 0 Å². The molecule has 0 spiro atoms. The second-order valence-electron chi connectivity index (χ2n) is 3.60. The van der Waals surface area contributed by atoms with Crippen molar-refractivity contribution in [2.24, 2.45) is 5.11 Å². The van der Waals surface area contributed by atoms with Crippen molar-refractivity contribution in [3.8, 4) is 5.75 Å². The molecule has 78 valence electrons. The molecule has 0 atom stereocenters. The van der Waals surface area contributed by atoms with E-state index in [0.717, 1.165) is 31.6 Å². The monoisotopic (exact) mass is 203 g/mol. The zero-order chi connectivity index (χ0) is 10.5. The Kier molecular flexibility index (Phi) is 3.10. The summed E-state index contributed by atoms with van der Waals surface area (Å²) in [5.74, 6) is 1.02. The molecule has 1 aromatic carbocycles. The van der Waals surface area contributed by atoms with E-state index in [1.807, 2.05) is 6.07 Å². The highest BCUT2D eigenvalue weighted by Crippen LogP contribution is 2.26. The lowest BCUT2D eigenvalue weighted by molar-refractivity contribution is 0.357. The minimum Gasteiger partial charge on any atom is -0.493 e. The van der Waals surface area contributed by atoms with Gasteiger partial charge in [-0.1, -0.05) is 17.2 Å². The third-order valence-electron chi connectivity index (χ3n) is 2.54. The molecule has 4 nitrogen and oxygen atoms in total. The molecular formula is C11H13N3O. The molecule has 1 aromatic rings. The standard InChI is InChI=1S/C11H13N3O/c12-14-13-6-1-2-9-3-4-11-10(8-9)5-7-15-11/h3-4,8H,1-2,5-7H2. The van der Waals surface area contributed by atoms with E-state index in [0.29, 0.717) is 6.54 Å². The lowest BCUT2D eigenvalue weighted by atomic mass is 10.1. The second-order valence-corrected chi connectivity index (χ2v) is 3.60. The molecule has 2 rings (SSSR count). The van der Waals surface area contributed by atoms with Crippen molar-refractivity contribution in [3.63, 3.8) is 0 Å². The van der Waals surface area contributed by atoms with Crippen LogP contribution in [0.25, 0.3) is 10.4 Å². The van der Waals surface area contributed by atoms with Gasteiger partial charge in [-0.05, 0) is 35.6 Å². The number of hydrogen-bond donors (Lipinski definition) is 0. The summed E-state index contributed by atoms with van der Waals surface area (Å²) < 4.78 is 5.43. The van der Waals surface area contributed by atoms with Gasteiger partial charge >= 0.3 is 0 Å². The molecule has 15 heavy (non-hydrogen) atoms. The first kappa shape index (κ1) is 9.87. The lowest BCUT2D eigenvalue weighted by Gasteiger charge is -2.02. The first-order valence-electron chi connectivity index (χ1n) is 5.15. The van der Waals surface area contributed by atoms with Crippen molar-refractivity contribution in [3.05, 3.63) is 39.8 Å². The zero-order valence-corrected chi connectivity index (χ0v) is 8.52. The summed E-state index contributed by atoms with van der Waals surface area (Å²) in [6.45, 7) is 1.38. The maximum atomic E-state index is 8.13. The minimum atomic E-state index is 0.573. The van der Waals surface area contributed by atoms with Crippen molar-refractivity contribution < 1.29 is 4.74 Å². The van der Waals surface area contributed by atoms with Crippen LogP contribution in [-0.2, 0) is 12.8 Å². The number of fused-ring (bicyclic) bond motifs is 1. The largest absolute Gasteiger partial charge is 0.493 e. The fourth-order valence-electron chi connectivity index (χ4n) is 1.79. The molecule has 0 bridgehead atoms. The summed E-state index contributed by atoms with van der Waals surface area (Å²) in [6, 6.07) is 6.31. The van der Waals surface area contributed by atoms with E-state index >= 15 is 0 Å². The van der Waals surface area contributed by atoms with Crippen molar-refractivity contribution in [1.82, 2.24) is 0 Å². The van der Waals surface area contributed by atoms with E-state index in [4.69, 9.17) is 10.3 Å². The van der Waals surface area contributed by atoms with Gasteiger partial charge in [-0.2, -0.15) is 0 Å². The molecule has 0 amide bonds. The minimum absolute atomic E-state index is 0.573. The first-order chi connectivity index (χ1) is 7.40. The van der Waals surface area contributed by atoms with Crippen LogP contribution in [0, 0.1) is 0 Å². The smallest absolute Gasteiger partial charge is 0.122 e. The molecule has 0 radical (unpaired) electrons. The molecule has 1 heterocycles. The quantitative estimate of drug-likeness (QED) is 0.321. The fourth-order valence-corrected chi connectivity index (χ4v) is 1.79. The SMILES string of the molecule is [N-]=[N+]=NCCCc1ccc2c(c1)CCO2. The average molecular weight is 203 g/mol. The third-order valence-corrected chi connectivity index (χ3v) is 2.54. The van der Waals surface area contributed by atoms with Crippen LogP contribution in [0.2, 0.25) is 0 Å². The Labute approximate surface area is 88.5 Å². The summed E-state index contributed by atoms with van der Waals surface area (Å²) in [5, 5.41) is 3.52. The summed E-state index contributed by atoms with van der Waals surface area (Å²) in [7, 11) is 0. The summed E-state index contributed by atoms with van der Waals surface area (Å²) in [4.78, 5) is 2.73. The topological polar surface area (TPSA) is 58.0 Å². The molecule has 0 N–H and O–H groups in total. The van der Waals surface area contributed by atoms with E-state index < -0.39 is 0 Å². The number of hydrogen-bond acceptors (Lipinski definition) is 2. The molecule has 1 aliphatic rings. The Bertz CT molecular complexity index is 397. The van der Waals surface area contributed by atoms with Crippen LogP contribution < -0.4 is 4.74 Å². The number of ether oxygens (including phenoxy) is 1. The van der Waals surface area contributed by atoms with Gasteiger partial charge < -0.3 is 4.74 Å². The van der Waals surface area contributed by atoms with Gasteiger partial charge in [0.15, 0.2) is 0 Å². The van der Waals surface area contributed by atoms with Crippen LogP contribution in [0.5, 0.6) is 5.75 Å². The third kappa shape index (κ3) is 2.42. The molecule has 0 aromatic heterocycles. The van der Waals surface area contributed by atoms with Gasteiger partial charge in [0.25, 0.3) is 0 Å². The van der Waals surface area contributed by atoms with Crippen LogP contribution in [0.15, 0.2) is 23.3 Å². The molecule has 1 aliphatic heterocycles. The number of nitrogens with zero attached hydrogens (tertiary/aromatic N) is 3. The lowest BCUT2D eigenvalue weighted by Crippen LogP contribution is -1.89. The highest BCUT2D eigenvalue weighted by atomic mass is 16.5. The van der Waals surface area contributed by atoms with Crippen LogP contribution in [0.4, 0.5) is 0 Å². The number of benzene rings is 1. The molecule has 0 saturated carbocycles.